The second-order valence-electron chi connectivity index (χ2n) is 7.31. The average Bonchev–Trinajstić information content (AvgIpc) is 3.33. The maximum Gasteiger partial charge on any atom is 0.254 e. The van der Waals surface area contributed by atoms with E-state index in [4.69, 9.17) is 9.26 Å². The highest BCUT2D eigenvalue weighted by molar-refractivity contribution is 5.95. The van der Waals surface area contributed by atoms with Gasteiger partial charge in [-0.2, -0.15) is 0 Å². The summed E-state index contributed by atoms with van der Waals surface area (Å²) in [6, 6.07) is 9.14. The van der Waals surface area contributed by atoms with Gasteiger partial charge in [0.2, 0.25) is 0 Å². The van der Waals surface area contributed by atoms with E-state index in [-0.39, 0.29) is 11.9 Å². The van der Waals surface area contributed by atoms with Crippen LogP contribution in [0.15, 0.2) is 34.9 Å². The highest BCUT2D eigenvalue weighted by atomic mass is 16.5. The summed E-state index contributed by atoms with van der Waals surface area (Å²) in [5, 5.41) is 4.04. The molecule has 0 unspecified atom stereocenters. The van der Waals surface area contributed by atoms with E-state index >= 15 is 0 Å². The van der Waals surface area contributed by atoms with Crippen molar-refractivity contribution in [1.82, 2.24) is 20.0 Å². The first-order valence-electron chi connectivity index (χ1n) is 9.71. The Kier molecular flexibility index (Phi) is 5.05. The van der Waals surface area contributed by atoms with Crippen molar-refractivity contribution in [2.24, 2.45) is 0 Å². The standard InChI is InChI=1S/C22H24N4O3/c1-13-21(14(2)29-25-13)19-12-18(23-15(3)24-19)20-9-6-10-26(20)22(27)16-7-5-8-17(11-16)28-4/h5,7-8,11-12,20H,6,9-10H2,1-4H3/t20-/m1/s1. The summed E-state index contributed by atoms with van der Waals surface area (Å²) in [6.07, 6.45) is 1.80. The Morgan fingerprint density at radius 2 is 2.03 bits per heavy atom. The molecular weight excluding hydrogens is 368 g/mol. The molecule has 4 rings (SSSR count). The summed E-state index contributed by atoms with van der Waals surface area (Å²) in [4.78, 5) is 24.4. The Morgan fingerprint density at radius 3 is 2.76 bits per heavy atom. The van der Waals surface area contributed by atoms with E-state index in [2.05, 4.69) is 15.1 Å². The summed E-state index contributed by atoms with van der Waals surface area (Å²) in [5.74, 6) is 2.05. The molecule has 1 amide bonds. The number of methoxy groups -OCH3 is 1. The average molecular weight is 392 g/mol. The SMILES string of the molecule is COc1cccc(C(=O)N2CCC[C@@H]2c2cc(-c3c(C)noc3C)nc(C)n2)c1. The Labute approximate surface area is 169 Å². The quantitative estimate of drug-likeness (QED) is 0.666. The number of nitrogens with zero attached hydrogens (tertiary/aromatic N) is 4. The van der Waals surface area contributed by atoms with Crippen molar-refractivity contribution in [2.75, 3.05) is 13.7 Å². The van der Waals surface area contributed by atoms with Crippen LogP contribution in [-0.2, 0) is 0 Å². The van der Waals surface area contributed by atoms with Gasteiger partial charge in [0.25, 0.3) is 5.91 Å². The molecule has 0 spiro atoms. The van der Waals surface area contributed by atoms with Crippen molar-refractivity contribution in [3.63, 3.8) is 0 Å². The van der Waals surface area contributed by atoms with Crippen LogP contribution in [-0.4, -0.2) is 39.6 Å². The number of amides is 1. The summed E-state index contributed by atoms with van der Waals surface area (Å²) in [7, 11) is 1.60. The molecule has 3 heterocycles. The first kappa shape index (κ1) is 19.1. The number of aromatic nitrogens is 3. The lowest BCUT2D eigenvalue weighted by molar-refractivity contribution is 0.0732. The van der Waals surface area contributed by atoms with Crippen LogP contribution in [0.3, 0.4) is 0 Å². The molecule has 0 N–H and O–H groups in total. The second kappa shape index (κ2) is 7.66. The number of ether oxygens (including phenoxy) is 1. The fourth-order valence-electron chi connectivity index (χ4n) is 3.98. The number of carbonyl (C=O) groups excluding carboxylic acids is 1. The smallest absolute Gasteiger partial charge is 0.254 e. The summed E-state index contributed by atoms with van der Waals surface area (Å²) in [5.41, 5.74) is 3.93. The molecular formula is C22H24N4O3. The lowest BCUT2D eigenvalue weighted by Gasteiger charge is -2.25. The fraction of sp³-hybridized carbons (Fsp3) is 0.364. The Balaban J connectivity index is 1.69. The zero-order valence-electron chi connectivity index (χ0n) is 17.1. The number of likely N-dealkylation sites (tertiary alicyclic amines) is 1. The molecule has 0 aliphatic carbocycles. The van der Waals surface area contributed by atoms with Crippen LogP contribution in [0.4, 0.5) is 0 Å². The molecule has 0 bridgehead atoms. The first-order chi connectivity index (χ1) is 14.0. The van der Waals surface area contributed by atoms with Crippen molar-refractivity contribution in [2.45, 2.75) is 39.7 Å². The maximum absolute atomic E-state index is 13.2. The first-order valence-corrected chi connectivity index (χ1v) is 9.71. The third kappa shape index (κ3) is 3.60. The van der Waals surface area contributed by atoms with E-state index in [9.17, 15) is 4.79 Å². The molecule has 1 aliphatic rings. The molecule has 1 aromatic carbocycles. The van der Waals surface area contributed by atoms with E-state index in [0.29, 0.717) is 23.7 Å². The van der Waals surface area contributed by atoms with Crippen LogP contribution < -0.4 is 4.74 Å². The monoisotopic (exact) mass is 392 g/mol. The number of carbonyl (C=O) groups is 1. The third-order valence-corrected chi connectivity index (χ3v) is 5.32. The van der Waals surface area contributed by atoms with E-state index < -0.39 is 0 Å². The molecule has 0 radical (unpaired) electrons. The normalized spacial score (nSPS) is 16.3. The van der Waals surface area contributed by atoms with Gasteiger partial charge in [-0.25, -0.2) is 9.97 Å². The molecule has 1 aliphatic heterocycles. The van der Waals surface area contributed by atoms with E-state index in [1.54, 1.807) is 13.2 Å². The van der Waals surface area contributed by atoms with Gasteiger partial charge in [-0.15, -0.1) is 0 Å². The molecule has 150 valence electrons. The molecule has 2 aromatic heterocycles. The predicted octanol–water partition coefficient (Wildman–Crippen LogP) is 4.04. The van der Waals surface area contributed by atoms with Gasteiger partial charge in [-0.05, 0) is 57.9 Å². The van der Waals surface area contributed by atoms with Crippen molar-refractivity contribution in [3.8, 4) is 17.0 Å². The van der Waals surface area contributed by atoms with Crippen molar-refractivity contribution < 1.29 is 14.1 Å². The minimum atomic E-state index is -0.0883. The minimum Gasteiger partial charge on any atom is -0.497 e. The predicted molar refractivity (Wildman–Crippen MR) is 108 cm³/mol. The van der Waals surface area contributed by atoms with Crippen LogP contribution in [0.2, 0.25) is 0 Å². The lowest BCUT2D eigenvalue weighted by atomic mass is 10.0. The van der Waals surface area contributed by atoms with Crippen LogP contribution in [0.5, 0.6) is 5.75 Å². The van der Waals surface area contributed by atoms with E-state index in [1.807, 2.05) is 49.9 Å². The molecule has 1 atom stereocenters. The second-order valence-corrected chi connectivity index (χ2v) is 7.31. The third-order valence-electron chi connectivity index (χ3n) is 5.32. The molecule has 0 saturated carbocycles. The van der Waals surface area contributed by atoms with E-state index in [1.165, 1.54) is 0 Å². The lowest BCUT2D eigenvalue weighted by Crippen LogP contribution is -2.31. The molecule has 7 heteroatoms. The zero-order valence-corrected chi connectivity index (χ0v) is 17.1. The van der Waals surface area contributed by atoms with Crippen molar-refractivity contribution in [3.05, 3.63) is 58.9 Å². The number of hydrogen-bond donors (Lipinski definition) is 0. The maximum atomic E-state index is 13.2. The Bertz CT molecular complexity index is 1040. The van der Waals surface area contributed by atoms with Gasteiger partial charge in [-0.3, -0.25) is 4.79 Å². The van der Waals surface area contributed by atoms with Crippen molar-refractivity contribution in [1.29, 1.82) is 0 Å². The topological polar surface area (TPSA) is 81.4 Å². The van der Waals surface area contributed by atoms with Gasteiger partial charge in [0, 0.05) is 12.1 Å². The Morgan fingerprint density at radius 1 is 1.21 bits per heavy atom. The molecule has 29 heavy (non-hydrogen) atoms. The zero-order chi connectivity index (χ0) is 20.5. The van der Waals surface area contributed by atoms with Gasteiger partial charge in [0.1, 0.15) is 17.3 Å². The fourth-order valence-corrected chi connectivity index (χ4v) is 3.98. The highest BCUT2D eigenvalue weighted by Gasteiger charge is 2.32. The largest absolute Gasteiger partial charge is 0.497 e. The van der Waals surface area contributed by atoms with Gasteiger partial charge in [-0.1, -0.05) is 11.2 Å². The van der Waals surface area contributed by atoms with Gasteiger partial charge >= 0.3 is 0 Å². The van der Waals surface area contributed by atoms with Crippen molar-refractivity contribution >= 4 is 5.91 Å². The number of hydrogen-bond acceptors (Lipinski definition) is 6. The molecule has 7 nitrogen and oxygen atoms in total. The minimum absolute atomic E-state index is 0.0124. The van der Waals surface area contributed by atoms with Crippen LogP contribution in [0, 0.1) is 20.8 Å². The number of aryl methyl sites for hydroxylation is 3. The molecule has 3 aromatic rings. The van der Waals surface area contributed by atoms with Crippen LogP contribution in [0.1, 0.15) is 52.2 Å². The van der Waals surface area contributed by atoms with Crippen LogP contribution >= 0.6 is 0 Å². The van der Waals surface area contributed by atoms with Gasteiger partial charge in [0.15, 0.2) is 0 Å². The molecule has 1 saturated heterocycles. The number of rotatable bonds is 4. The Hall–Kier alpha value is -3.22. The molecule has 1 fully saturated rings. The summed E-state index contributed by atoms with van der Waals surface area (Å²) in [6.45, 7) is 6.34. The van der Waals surface area contributed by atoms with Crippen LogP contribution in [0.25, 0.3) is 11.3 Å². The van der Waals surface area contributed by atoms with Gasteiger partial charge in [0.05, 0.1) is 35.8 Å². The van der Waals surface area contributed by atoms with Gasteiger partial charge < -0.3 is 14.2 Å². The summed E-state index contributed by atoms with van der Waals surface area (Å²) < 4.78 is 10.6. The summed E-state index contributed by atoms with van der Waals surface area (Å²) >= 11 is 0. The highest BCUT2D eigenvalue weighted by Crippen LogP contribution is 2.35. The number of benzene rings is 1. The van der Waals surface area contributed by atoms with E-state index in [0.717, 1.165) is 41.2 Å².